The second-order valence-electron chi connectivity index (χ2n) is 6.60. The van der Waals surface area contributed by atoms with E-state index < -0.39 is 0 Å². The Morgan fingerprint density at radius 1 is 1.47 bits per heavy atom. The highest BCUT2D eigenvalue weighted by molar-refractivity contribution is 5.85. The lowest BCUT2D eigenvalue weighted by atomic mass is 9.79. The van der Waals surface area contributed by atoms with Gasteiger partial charge in [0, 0.05) is 25.0 Å². The Morgan fingerprint density at radius 2 is 2.21 bits per heavy atom. The Morgan fingerprint density at radius 3 is 2.84 bits per heavy atom. The highest BCUT2D eigenvalue weighted by atomic mass is 35.5. The first kappa shape index (κ1) is 16.8. The van der Waals surface area contributed by atoms with E-state index >= 15 is 0 Å². The van der Waals surface area contributed by atoms with Gasteiger partial charge < -0.3 is 10.2 Å². The molecule has 2 aliphatic rings. The average molecular weight is 289 g/mol. The molecule has 0 spiro atoms. The van der Waals surface area contributed by atoms with Crippen LogP contribution in [0.25, 0.3) is 0 Å². The van der Waals surface area contributed by atoms with Gasteiger partial charge in [-0.2, -0.15) is 0 Å². The molecule has 0 saturated carbocycles. The van der Waals surface area contributed by atoms with Crippen LogP contribution in [0, 0.1) is 11.3 Å². The molecule has 1 N–H and O–H groups in total. The molecular weight excluding hydrogens is 260 g/mol. The van der Waals surface area contributed by atoms with E-state index in [1.807, 2.05) is 0 Å². The number of amides is 1. The van der Waals surface area contributed by atoms with Crippen molar-refractivity contribution in [3.05, 3.63) is 0 Å². The van der Waals surface area contributed by atoms with Crippen LogP contribution >= 0.6 is 12.4 Å². The van der Waals surface area contributed by atoms with Crippen molar-refractivity contribution in [3.8, 4) is 0 Å². The fraction of sp³-hybridized carbons (Fsp3) is 0.933. The minimum Gasteiger partial charge on any atom is -0.342 e. The highest BCUT2D eigenvalue weighted by Gasteiger charge is 2.35. The fourth-order valence-corrected chi connectivity index (χ4v) is 3.41. The van der Waals surface area contributed by atoms with E-state index in [4.69, 9.17) is 0 Å². The highest BCUT2D eigenvalue weighted by Crippen LogP contribution is 2.33. The Bertz CT molecular complexity index is 311. The van der Waals surface area contributed by atoms with Crippen molar-refractivity contribution in [1.82, 2.24) is 10.2 Å². The summed E-state index contributed by atoms with van der Waals surface area (Å²) < 4.78 is 0. The smallest absolute Gasteiger partial charge is 0.225 e. The SMILES string of the molecule is CCC1(C)CCCN(C(=O)[C@H]2CCN[C@@H](C)C2)C1.Cl. The van der Waals surface area contributed by atoms with Crippen molar-refractivity contribution in [2.75, 3.05) is 19.6 Å². The van der Waals surface area contributed by atoms with Crippen LogP contribution in [0.3, 0.4) is 0 Å². The molecule has 2 saturated heterocycles. The lowest BCUT2D eigenvalue weighted by molar-refractivity contribution is -0.140. The number of hydrogen-bond acceptors (Lipinski definition) is 2. The molecule has 2 heterocycles. The predicted molar refractivity (Wildman–Crippen MR) is 81.6 cm³/mol. The minimum absolute atomic E-state index is 0. The Labute approximate surface area is 123 Å². The largest absolute Gasteiger partial charge is 0.342 e. The monoisotopic (exact) mass is 288 g/mol. The van der Waals surface area contributed by atoms with Gasteiger partial charge in [-0.25, -0.2) is 0 Å². The second-order valence-corrected chi connectivity index (χ2v) is 6.60. The number of nitrogens with one attached hydrogen (secondary N) is 1. The molecule has 0 aromatic carbocycles. The zero-order valence-corrected chi connectivity index (χ0v) is 13.4. The van der Waals surface area contributed by atoms with E-state index in [2.05, 4.69) is 31.0 Å². The van der Waals surface area contributed by atoms with Crippen LogP contribution in [-0.2, 0) is 4.79 Å². The third kappa shape index (κ3) is 4.09. The molecule has 0 aromatic heterocycles. The standard InChI is InChI=1S/C15H28N2O.ClH/c1-4-15(3)7-5-9-17(11-15)14(18)13-6-8-16-12(2)10-13;/h12-13,16H,4-11H2,1-3H3;1H/t12-,13-,15?;/m0./s1. The van der Waals surface area contributed by atoms with Crippen molar-refractivity contribution >= 4 is 18.3 Å². The zero-order chi connectivity index (χ0) is 13.2. The van der Waals surface area contributed by atoms with Crippen LogP contribution in [0.1, 0.15) is 52.9 Å². The van der Waals surface area contributed by atoms with Crippen molar-refractivity contribution in [2.24, 2.45) is 11.3 Å². The van der Waals surface area contributed by atoms with Gasteiger partial charge in [-0.1, -0.05) is 13.8 Å². The summed E-state index contributed by atoms with van der Waals surface area (Å²) in [5.41, 5.74) is 0.354. The first-order valence-electron chi connectivity index (χ1n) is 7.56. The van der Waals surface area contributed by atoms with Gasteiger partial charge in [0.05, 0.1) is 0 Å². The maximum absolute atomic E-state index is 12.6. The summed E-state index contributed by atoms with van der Waals surface area (Å²) in [7, 11) is 0. The quantitative estimate of drug-likeness (QED) is 0.847. The molecule has 0 bridgehead atoms. The van der Waals surface area contributed by atoms with E-state index in [1.165, 1.54) is 19.3 Å². The number of halogens is 1. The van der Waals surface area contributed by atoms with E-state index in [1.54, 1.807) is 0 Å². The molecule has 19 heavy (non-hydrogen) atoms. The molecule has 4 heteroatoms. The molecule has 2 rings (SSSR count). The number of likely N-dealkylation sites (tertiary alicyclic amines) is 1. The van der Waals surface area contributed by atoms with E-state index in [0.29, 0.717) is 17.4 Å². The zero-order valence-electron chi connectivity index (χ0n) is 12.6. The minimum atomic E-state index is 0. The molecule has 3 atom stereocenters. The maximum Gasteiger partial charge on any atom is 0.225 e. The number of nitrogens with zero attached hydrogens (tertiary/aromatic N) is 1. The molecule has 0 aromatic rings. The lowest BCUT2D eigenvalue weighted by Crippen LogP contribution is -2.49. The van der Waals surface area contributed by atoms with E-state index in [0.717, 1.165) is 32.5 Å². The van der Waals surface area contributed by atoms with Crippen LogP contribution in [0.4, 0.5) is 0 Å². The summed E-state index contributed by atoms with van der Waals surface area (Å²) in [4.78, 5) is 14.7. The van der Waals surface area contributed by atoms with Gasteiger partial charge in [-0.05, 0) is 51.0 Å². The molecule has 2 fully saturated rings. The van der Waals surface area contributed by atoms with Crippen molar-refractivity contribution < 1.29 is 4.79 Å². The molecule has 1 unspecified atom stereocenters. The van der Waals surface area contributed by atoms with Crippen LogP contribution in [0.2, 0.25) is 0 Å². The average Bonchev–Trinajstić information content (AvgIpc) is 2.38. The Balaban J connectivity index is 0.00000180. The maximum atomic E-state index is 12.6. The third-order valence-corrected chi connectivity index (χ3v) is 4.92. The summed E-state index contributed by atoms with van der Waals surface area (Å²) in [5, 5.41) is 3.43. The van der Waals surface area contributed by atoms with Crippen LogP contribution in [0.15, 0.2) is 0 Å². The second kappa shape index (κ2) is 6.94. The Kier molecular flexibility index (Phi) is 6.13. The van der Waals surface area contributed by atoms with Gasteiger partial charge in [0.1, 0.15) is 0 Å². The van der Waals surface area contributed by atoms with Crippen LogP contribution in [0.5, 0.6) is 0 Å². The fourth-order valence-electron chi connectivity index (χ4n) is 3.41. The van der Waals surface area contributed by atoms with E-state index in [-0.39, 0.29) is 18.3 Å². The molecule has 3 nitrogen and oxygen atoms in total. The van der Waals surface area contributed by atoms with Gasteiger partial charge in [0.25, 0.3) is 0 Å². The summed E-state index contributed by atoms with van der Waals surface area (Å²) in [5.74, 6) is 0.684. The molecule has 2 aliphatic heterocycles. The molecular formula is C15H29ClN2O. The van der Waals surface area contributed by atoms with Gasteiger partial charge in [0.2, 0.25) is 5.91 Å². The van der Waals surface area contributed by atoms with Gasteiger partial charge in [-0.15, -0.1) is 12.4 Å². The van der Waals surface area contributed by atoms with Crippen molar-refractivity contribution in [3.63, 3.8) is 0 Å². The summed E-state index contributed by atoms with van der Waals surface area (Å²) >= 11 is 0. The van der Waals surface area contributed by atoms with Crippen LogP contribution in [-0.4, -0.2) is 36.5 Å². The lowest BCUT2D eigenvalue weighted by Gasteiger charge is -2.42. The number of carbonyl (C=O) groups excluding carboxylic acids is 1. The summed E-state index contributed by atoms with van der Waals surface area (Å²) in [6.45, 7) is 9.72. The Hall–Kier alpha value is -0.280. The molecule has 0 radical (unpaired) electrons. The number of piperidine rings is 2. The number of hydrogen-bond donors (Lipinski definition) is 1. The molecule has 0 aliphatic carbocycles. The van der Waals surface area contributed by atoms with Gasteiger partial charge >= 0.3 is 0 Å². The summed E-state index contributed by atoms with van der Waals surface area (Å²) in [6.07, 6.45) is 5.66. The van der Waals surface area contributed by atoms with Crippen molar-refractivity contribution in [1.29, 1.82) is 0 Å². The number of carbonyl (C=O) groups is 1. The van der Waals surface area contributed by atoms with Crippen LogP contribution < -0.4 is 5.32 Å². The predicted octanol–water partition coefficient (Wildman–Crippen LogP) is 2.84. The normalized spacial score (nSPS) is 35.6. The number of rotatable bonds is 2. The van der Waals surface area contributed by atoms with Gasteiger partial charge in [0.15, 0.2) is 0 Å². The molecule has 112 valence electrons. The first-order chi connectivity index (χ1) is 8.54. The summed E-state index contributed by atoms with van der Waals surface area (Å²) in [6, 6.07) is 0.495. The van der Waals surface area contributed by atoms with Crippen molar-refractivity contribution in [2.45, 2.75) is 58.9 Å². The molecule has 1 amide bonds. The topological polar surface area (TPSA) is 32.3 Å². The first-order valence-corrected chi connectivity index (χ1v) is 7.56. The third-order valence-electron chi connectivity index (χ3n) is 4.92. The van der Waals surface area contributed by atoms with Gasteiger partial charge in [-0.3, -0.25) is 4.79 Å². The van der Waals surface area contributed by atoms with E-state index in [9.17, 15) is 4.79 Å².